The molecule has 1 aromatic heterocycles. The van der Waals surface area contributed by atoms with E-state index in [2.05, 4.69) is 10.2 Å². The second kappa shape index (κ2) is 8.61. The van der Waals surface area contributed by atoms with Gasteiger partial charge in [-0.3, -0.25) is 9.69 Å². The fraction of sp³-hybridized carbons (Fsp3) is 0.450. The van der Waals surface area contributed by atoms with E-state index in [9.17, 15) is 18.0 Å². The monoisotopic (exact) mass is 380 g/mol. The van der Waals surface area contributed by atoms with Crippen molar-refractivity contribution < 1.29 is 22.4 Å². The van der Waals surface area contributed by atoms with E-state index in [0.29, 0.717) is 18.0 Å². The molecule has 4 nitrogen and oxygen atoms in total. The van der Waals surface area contributed by atoms with Crippen molar-refractivity contribution >= 4 is 11.6 Å². The fourth-order valence-corrected chi connectivity index (χ4v) is 3.45. The third-order valence-corrected chi connectivity index (χ3v) is 4.84. The number of nitrogens with one attached hydrogen (secondary N) is 1. The summed E-state index contributed by atoms with van der Waals surface area (Å²) in [7, 11) is 0. The number of benzene rings is 1. The molecule has 0 aliphatic carbocycles. The SMILES string of the molecule is O=C(CCC1CCCN(Cc2ccco2)C1)Nc1ccc(C(F)(F)F)cc1. The molecule has 0 radical (unpaired) electrons. The molecule has 1 unspecified atom stereocenters. The molecule has 0 spiro atoms. The molecule has 2 aromatic rings. The summed E-state index contributed by atoms with van der Waals surface area (Å²) in [4.78, 5) is 14.4. The number of alkyl halides is 3. The van der Waals surface area contributed by atoms with E-state index in [1.54, 1.807) is 6.26 Å². The number of amides is 1. The molecule has 1 atom stereocenters. The number of carbonyl (C=O) groups is 1. The highest BCUT2D eigenvalue weighted by atomic mass is 19.4. The number of anilines is 1. The third kappa shape index (κ3) is 5.85. The summed E-state index contributed by atoms with van der Waals surface area (Å²) < 4.78 is 43.1. The van der Waals surface area contributed by atoms with Crippen molar-refractivity contribution in [2.24, 2.45) is 5.92 Å². The lowest BCUT2D eigenvalue weighted by molar-refractivity contribution is -0.137. The smallest absolute Gasteiger partial charge is 0.416 e. The molecule has 0 saturated carbocycles. The van der Waals surface area contributed by atoms with Crippen LogP contribution >= 0.6 is 0 Å². The van der Waals surface area contributed by atoms with E-state index in [-0.39, 0.29) is 5.91 Å². The van der Waals surface area contributed by atoms with E-state index in [1.165, 1.54) is 12.1 Å². The van der Waals surface area contributed by atoms with Crippen LogP contribution in [0.4, 0.5) is 18.9 Å². The summed E-state index contributed by atoms with van der Waals surface area (Å²) in [5, 5.41) is 2.67. The molecular formula is C20H23F3N2O2. The zero-order valence-corrected chi connectivity index (χ0v) is 15.0. The molecule has 1 N–H and O–H groups in total. The standard InChI is InChI=1S/C20H23F3N2O2/c21-20(22,23)16-6-8-17(9-7-16)24-19(26)10-5-15-3-1-11-25(13-15)14-18-4-2-12-27-18/h2,4,6-9,12,15H,1,3,5,10-11,13-14H2,(H,24,26). The number of hydrogen-bond acceptors (Lipinski definition) is 3. The van der Waals surface area contributed by atoms with Gasteiger partial charge in [0.05, 0.1) is 18.4 Å². The van der Waals surface area contributed by atoms with Crippen LogP contribution in [-0.4, -0.2) is 23.9 Å². The summed E-state index contributed by atoms with van der Waals surface area (Å²) in [6, 6.07) is 8.36. The lowest BCUT2D eigenvalue weighted by Gasteiger charge is -2.32. The second-order valence-electron chi connectivity index (χ2n) is 6.98. The molecule has 7 heteroatoms. The van der Waals surface area contributed by atoms with Crippen molar-refractivity contribution in [1.82, 2.24) is 4.90 Å². The Morgan fingerprint density at radius 3 is 2.67 bits per heavy atom. The van der Waals surface area contributed by atoms with Crippen LogP contribution in [0.5, 0.6) is 0 Å². The van der Waals surface area contributed by atoms with Crippen molar-refractivity contribution in [3.8, 4) is 0 Å². The minimum Gasteiger partial charge on any atom is -0.468 e. The number of rotatable bonds is 6. The average molecular weight is 380 g/mol. The topological polar surface area (TPSA) is 45.5 Å². The highest BCUT2D eigenvalue weighted by molar-refractivity contribution is 5.90. The molecule has 0 bridgehead atoms. The highest BCUT2D eigenvalue weighted by Crippen LogP contribution is 2.30. The predicted molar refractivity (Wildman–Crippen MR) is 96.0 cm³/mol. The number of nitrogens with zero attached hydrogens (tertiary/aromatic N) is 1. The van der Waals surface area contributed by atoms with Crippen molar-refractivity contribution in [1.29, 1.82) is 0 Å². The van der Waals surface area contributed by atoms with Crippen molar-refractivity contribution in [2.45, 2.75) is 38.4 Å². The maximum atomic E-state index is 12.6. The number of likely N-dealkylation sites (tertiary alicyclic amines) is 1. The Balaban J connectivity index is 1.43. The first-order valence-corrected chi connectivity index (χ1v) is 9.12. The Hall–Kier alpha value is -2.28. The Kier molecular flexibility index (Phi) is 6.21. The quantitative estimate of drug-likeness (QED) is 0.773. The maximum absolute atomic E-state index is 12.6. The number of carbonyl (C=O) groups excluding carboxylic acids is 1. The molecule has 1 amide bonds. The van der Waals surface area contributed by atoms with Gasteiger partial charge in [0, 0.05) is 18.7 Å². The Labute approximate surface area is 156 Å². The molecule has 1 aliphatic heterocycles. The minimum atomic E-state index is -4.37. The van der Waals surface area contributed by atoms with Gasteiger partial charge in [0.1, 0.15) is 5.76 Å². The molecule has 1 saturated heterocycles. The van der Waals surface area contributed by atoms with E-state index >= 15 is 0 Å². The zero-order chi connectivity index (χ0) is 19.3. The van der Waals surface area contributed by atoms with Gasteiger partial charge in [-0.1, -0.05) is 0 Å². The van der Waals surface area contributed by atoms with Gasteiger partial charge in [-0.15, -0.1) is 0 Å². The largest absolute Gasteiger partial charge is 0.468 e. The zero-order valence-electron chi connectivity index (χ0n) is 15.0. The number of piperidine rings is 1. The summed E-state index contributed by atoms with van der Waals surface area (Å²) in [6.07, 6.45) is 0.600. The van der Waals surface area contributed by atoms with Crippen LogP contribution in [0.25, 0.3) is 0 Å². The van der Waals surface area contributed by atoms with Crippen LogP contribution in [0.1, 0.15) is 37.0 Å². The molecule has 1 aliphatic rings. The summed E-state index contributed by atoms with van der Waals surface area (Å²) >= 11 is 0. The van der Waals surface area contributed by atoms with Crippen LogP contribution in [0.15, 0.2) is 47.1 Å². The van der Waals surface area contributed by atoms with Gasteiger partial charge in [0.25, 0.3) is 0 Å². The number of hydrogen-bond donors (Lipinski definition) is 1. The average Bonchev–Trinajstić information content (AvgIpc) is 3.13. The van der Waals surface area contributed by atoms with Gasteiger partial charge >= 0.3 is 6.18 Å². The molecule has 1 aromatic carbocycles. The van der Waals surface area contributed by atoms with Crippen LogP contribution in [0.3, 0.4) is 0 Å². The molecule has 2 heterocycles. The Morgan fingerprint density at radius 2 is 2.00 bits per heavy atom. The molecular weight excluding hydrogens is 357 g/mol. The Morgan fingerprint density at radius 1 is 1.22 bits per heavy atom. The van der Waals surface area contributed by atoms with Crippen LogP contribution in [-0.2, 0) is 17.5 Å². The van der Waals surface area contributed by atoms with E-state index in [1.807, 2.05) is 12.1 Å². The van der Waals surface area contributed by atoms with Crippen molar-refractivity contribution in [2.75, 3.05) is 18.4 Å². The second-order valence-corrected chi connectivity index (χ2v) is 6.98. The lowest BCUT2D eigenvalue weighted by Crippen LogP contribution is -2.35. The predicted octanol–water partition coefficient (Wildman–Crippen LogP) is 4.93. The minimum absolute atomic E-state index is 0.169. The van der Waals surface area contributed by atoms with Crippen LogP contribution in [0.2, 0.25) is 0 Å². The van der Waals surface area contributed by atoms with Crippen molar-refractivity contribution in [3.05, 3.63) is 54.0 Å². The van der Waals surface area contributed by atoms with Gasteiger partial charge in [-0.25, -0.2) is 0 Å². The molecule has 146 valence electrons. The molecule has 3 rings (SSSR count). The van der Waals surface area contributed by atoms with E-state index in [4.69, 9.17) is 4.42 Å². The van der Waals surface area contributed by atoms with Gasteiger partial charge in [-0.2, -0.15) is 13.2 Å². The molecule has 1 fully saturated rings. The van der Waals surface area contributed by atoms with Crippen molar-refractivity contribution in [3.63, 3.8) is 0 Å². The number of halogens is 3. The lowest BCUT2D eigenvalue weighted by atomic mass is 9.93. The van der Waals surface area contributed by atoms with Crippen LogP contribution < -0.4 is 5.32 Å². The third-order valence-electron chi connectivity index (χ3n) is 4.84. The highest BCUT2D eigenvalue weighted by Gasteiger charge is 2.30. The van der Waals surface area contributed by atoms with Gasteiger partial charge in [0.15, 0.2) is 0 Å². The van der Waals surface area contributed by atoms with Gasteiger partial charge < -0.3 is 9.73 Å². The van der Waals surface area contributed by atoms with Gasteiger partial charge in [0.2, 0.25) is 5.91 Å². The summed E-state index contributed by atoms with van der Waals surface area (Å²) in [5.74, 6) is 1.21. The normalized spacial score (nSPS) is 18.4. The summed E-state index contributed by atoms with van der Waals surface area (Å²) in [6.45, 7) is 2.73. The first-order valence-electron chi connectivity index (χ1n) is 9.12. The number of furan rings is 1. The Bertz CT molecular complexity index is 727. The first-order chi connectivity index (χ1) is 12.9. The maximum Gasteiger partial charge on any atom is 0.416 e. The molecule has 27 heavy (non-hydrogen) atoms. The van der Waals surface area contributed by atoms with E-state index in [0.717, 1.165) is 56.8 Å². The van der Waals surface area contributed by atoms with Crippen LogP contribution in [0, 0.1) is 5.92 Å². The van der Waals surface area contributed by atoms with Gasteiger partial charge in [-0.05, 0) is 68.1 Å². The summed E-state index contributed by atoms with van der Waals surface area (Å²) in [5.41, 5.74) is -0.338. The first kappa shape index (κ1) is 19.5. The van der Waals surface area contributed by atoms with E-state index < -0.39 is 11.7 Å². The fourth-order valence-electron chi connectivity index (χ4n) is 3.45.